The van der Waals surface area contributed by atoms with E-state index in [1.54, 1.807) is 6.20 Å². The van der Waals surface area contributed by atoms with E-state index < -0.39 is 10.0 Å². The first kappa shape index (κ1) is 13.4. The van der Waals surface area contributed by atoms with E-state index in [1.807, 2.05) is 13.0 Å². The lowest BCUT2D eigenvalue weighted by atomic mass is 10.3. The van der Waals surface area contributed by atoms with Gasteiger partial charge in [0.2, 0.25) is 10.0 Å². The van der Waals surface area contributed by atoms with Gasteiger partial charge in [-0.15, -0.1) is 0 Å². The molecule has 0 radical (unpaired) electrons. The first-order valence-electron chi connectivity index (χ1n) is 4.75. The molecule has 5 nitrogen and oxygen atoms in total. The van der Waals surface area contributed by atoms with Crippen LogP contribution in [0.3, 0.4) is 0 Å². The minimum Gasteiger partial charge on any atom is -0.370 e. The highest BCUT2D eigenvalue weighted by Gasteiger charge is 2.03. The topological polar surface area (TPSA) is 85.1 Å². The van der Waals surface area contributed by atoms with E-state index in [1.165, 1.54) is 0 Å². The van der Waals surface area contributed by atoms with Crippen molar-refractivity contribution in [3.8, 4) is 0 Å². The molecule has 16 heavy (non-hydrogen) atoms. The quantitative estimate of drug-likeness (QED) is 0.802. The summed E-state index contributed by atoms with van der Waals surface area (Å²) in [6.45, 7) is 2.46. The van der Waals surface area contributed by atoms with Crippen molar-refractivity contribution in [1.29, 1.82) is 0 Å². The molecular formula is C9H14BrN3O2S. The van der Waals surface area contributed by atoms with Crippen LogP contribution in [0.2, 0.25) is 0 Å². The highest BCUT2D eigenvalue weighted by Crippen LogP contribution is 2.16. The molecule has 0 bridgehead atoms. The lowest BCUT2D eigenvalue weighted by Crippen LogP contribution is -2.19. The second-order valence-electron chi connectivity index (χ2n) is 3.47. The van der Waals surface area contributed by atoms with Gasteiger partial charge in [0.1, 0.15) is 5.82 Å². The van der Waals surface area contributed by atoms with Crippen LogP contribution in [0, 0.1) is 6.92 Å². The molecule has 3 N–H and O–H groups in total. The van der Waals surface area contributed by atoms with Gasteiger partial charge in [-0.25, -0.2) is 18.5 Å². The van der Waals surface area contributed by atoms with Gasteiger partial charge >= 0.3 is 0 Å². The molecule has 7 heteroatoms. The van der Waals surface area contributed by atoms with Gasteiger partial charge in [-0.3, -0.25) is 0 Å². The van der Waals surface area contributed by atoms with E-state index in [0.717, 1.165) is 15.9 Å². The Hall–Kier alpha value is -0.660. The lowest BCUT2D eigenvalue weighted by molar-refractivity contribution is 0.595. The van der Waals surface area contributed by atoms with Crippen LogP contribution in [0.1, 0.15) is 12.0 Å². The zero-order chi connectivity index (χ0) is 12.2. The van der Waals surface area contributed by atoms with Crippen molar-refractivity contribution in [1.82, 2.24) is 4.98 Å². The number of nitrogens with two attached hydrogens (primary N) is 1. The normalized spacial score (nSPS) is 11.4. The molecule has 0 aliphatic heterocycles. The molecule has 0 aliphatic carbocycles. The van der Waals surface area contributed by atoms with Gasteiger partial charge in [0, 0.05) is 17.2 Å². The molecule has 0 spiro atoms. The summed E-state index contributed by atoms with van der Waals surface area (Å²) in [4.78, 5) is 4.17. The largest absolute Gasteiger partial charge is 0.370 e. The Morgan fingerprint density at radius 1 is 1.56 bits per heavy atom. The first-order valence-corrected chi connectivity index (χ1v) is 7.26. The molecule has 0 aliphatic rings. The Morgan fingerprint density at radius 2 is 2.25 bits per heavy atom. The summed E-state index contributed by atoms with van der Waals surface area (Å²) in [5.74, 6) is 0.743. The number of sulfonamides is 1. The van der Waals surface area contributed by atoms with Crippen molar-refractivity contribution in [3.63, 3.8) is 0 Å². The third-order valence-electron chi connectivity index (χ3n) is 1.94. The molecule has 0 aromatic carbocycles. The van der Waals surface area contributed by atoms with Gasteiger partial charge in [0.15, 0.2) is 0 Å². The number of halogens is 1. The van der Waals surface area contributed by atoms with Gasteiger partial charge in [-0.1, -0.05) is 0 Å². The second kappa shape index (κ2) is 5.60. The fraction of sp³-hybridized carbons (Fsp3) is 0.444. The zero-order valence-corrected chi connectivity index (χ0v) is 11.3. The van der Waals surface area contributed by atoms with E-state index >= 15 is 0 Å². The summed E-state index contributed by atoms with van der Waals surface area (Å²) < 4.78 is 22.3. The number of pyridine rings is 1. The summed E-state index contributed by atoms with van der Waals surface area (Å²) in [6.07, 6.45) is 2.16. The van der Waals surface area contributed by atoms with Gasteiger partial charge in [-0.2, -0.15) is 0 Å². The molecule has 1 heterocycles. The third kappa shape index (κ3) is 4.91. The number of aryl methyl sites for hydroxylation is 1. The molecule has 1 aromatic heterocycles. The van der Waals surface area contributed by atoms with Crippen LogP contribution in [0.4, 0.5) is 5.82 Å². The standard InChI is InChI=1S/C9H14BrN3O2S/c1-7-5-8(10)6-13-9(7)12-3-2-4-16(11,14)15/h5-6H,2-4H2,1H3,(H,12,13)(H2,11,14,15). The molecule has 0 saturated carbocycles. The molecule has 1 aromatic rings. The van der Waals surface area contributed by atoms with E-state index in [0.29, 0.717) is 13.0 Å². The first-order chi connectivity index (χ1) is 7.38. The molecule has 1 rings (SSSR count). The predicted molar refractivity (Wildman–Crippen MR) is 67.8 cm³/mol. The fourth-order valence-corrected chi connectivity index (χ4v) is 2.20. The minimum absolute atomic E-state index is 0.0183. The average molecular weight is 308 g/mol. The summed E-state index contributed by atoms with van der Waals surface area (Å²) in [5.41, 5.74) is 1.00. The Bertz CT molecular complexity index is 462. The summed E-state index contributed by atoms with van der Waals surface area (Å²) in [7, 11) is -3.36. The number of hydrogen-bond donors (Lipinski definition) is 2. The van der Waals surface area contributed by atoms with Crippen molar-refractivity contribution in [3.05, 3.63) is 22.3 Å². The van der Waals surface area contributed by atoms with E-state index in [-0.39, 0.29) is 5.75 Å². The second-order valence-corrected chi connectivity index (χ2v) is 6.12. The van der Waals surface area contributed by atoms with E-state index in [2.05, 4.69) is 26.2 Å². The van der Waals surface area contributed by atoms with Crippen LogP contribution < -0.4 is 10.5 Å². The number of nitrogens with one attached hydrogen (secondary N) is 1. The van der Waals surface area contributed by atoms with E-state index in [4.69, 9.17) is 5.14 Å². The molecule has 0 saturated heterocycles. The molecular weight excluding hydrogens is 294 g/mol. The maximum atomic E-state index is 10.7. The number of primary sulfonamides is 1. The van der Waals surface area contributed by atoms with Gasteiger partial charge in [0.25, 0.3) is 0 Å². The number of rotatable bonds is 5. The predicted octanol–water partition coefficient (Wildman–Crippen LogP) is 1.24. The van der Waals surface area contributed by atoms with Gasteiger partial charge in [0.05, 0.1) is 5.75 Å². The van der Waals surface area contributed by atoms with Gasteiger partial charge < -0.3 is 5.32 Å². The van der Waals surface area contributed by atoms with Crippen molar-refractivity contribution < 1.29 is 8.42 Å². The zero-order valence-electron chi connectivity index (χ0n) is 8.90. The number of hydrogen-bond acceptors (Lipinski definition) is 4. The number of nitrogens with zero attached hydrogens (tertiary/aromatic N) is 1. The molecule has 0 amide bonds. The minimum atomic E-state index is -3.36. The summed E-state index contributed by atoms with van der Waals surface area (Å²) >= 11 is 3.32. The van der Waals surface area contributed by atoms with Crippen LogP contribution in [0.25, 0.3) is 0 Å². The molecule has 90 valence electrons. The number of aromatic nitrogens is 1. The SMILES string of the molecule is Cc1cc(Br)cnc1NCCCS(N)(=O)=O. The van der Waals surface area contributed by atoms with Crippen LogP contribution in [0.5, 0.6) is 0 Å². The molecule has 0 fully saturated rings. The van der Waals surface area contributed by atoms with Crippen LogP contribution in [0.15, 0.2) is 16.7 Å². The van der Waals surface area contributed by atoms with Crippen LogP contribution in [-0.2, 0) is 10.0 Å². The van der Waals surface area contributed by atoms with Crippen molar-refractivity contribution >= 4 is 31.8 Å². The van der Waals surface area contributed by atoms with Crippen molar-refractivity contribution in [2.45, 2.75) is 13.3 Å². The Balaban J connectivity index is 2.43. The summed E-state index contributed by atoms with van der Waals surface area (Å²) in [6, 6.07) is 1.94. The van der Waals surface area contributed by atoms with Crippen molar-refractivity contribution in [2.24, 2.45) is 5.14 Å². The lowest BCUT2D eigenvalue weighted by Gasteiger charge is -2.07. The van der Waals surface area contributed by atoms with Crippen molar-refractivity contribution in [2.75, 3.05) is 17.6 Å². The van der Waals surface area contributed by atoms with Crippen LogP contribution >= 0.6 is 15.9 Å². The monoisotopic (exact) mass is 307 g/mol. The average Bonchev–Trinajstić information content (AvgIpc) is 2.13. The Labute approximate surface area is 104 Å². The van der Waals surface area contributed by atoms with E-state index in [9.17, 15) is 8.42 Å². The highest BCUT2D eigenvalue weighted by atomic mass is 79.9. The van der Waals surface area contributed by atoms with Crippen LogP contribution in [-0.4, -0.2) is 25.7 Å². The number of anilines is 1. The summed E-state index contributed by atoms with van der Waals surface area (Å²) in [5, 5.41) is 7.95. The maximum Gasteiger partial charge on any atom is 0.209 e. The Kier molecular flexibility index (Phi) is 4.69. The molecule has 0 atom stereocenters. The highest BCUT2D eigenvalue weighted by molar-refractivity contribution is 9.10. The smallest absolute Gasteiger partial charge is 0.209 e. The maximum absolute atomic E-state index is 10.7. The third-order valence-corrected chi connectivity index (χ3v) is 3.23. The molecule has 0 unspecified atom stereocenters. The fourth-order valence-electron chi connectivity index (χ4n) is 1.21. The van der Waals surface area contributed by atoms with Gasteiger partial charge in [-0.05, 0) is 40.9 Å². The Morgan fingerprint density at radius 3 is 2.81 bits per heavy atom.